The number of likely N-dealkylation sites (tertiary alicyclic amines) is 1. The van der Waals surface area contributed by atoms with Gasteiger partial charge < -0.3 is 9.64 Å². The number of nitrogens with zero attached hydrogens (tertiary/aromatic N) is 1. The highest BCUT2D eigenvalue weighted by Crippen LogP contribution is 2.04. The predicted molar refractivity (Wildman–Crippen MR) is 44.4 cm³/mol. The maximum atomic E-state index is 8.95. The minimum absolute atomic E-state index is 0.375. The molecule has 0 N–H and O–H groups in total. The van der Waals surface area contributed by atoms with Gasteiger partial charge in [0, 0.05) is 0 Å². The SMILES string of the molecule is CN1CCCCC1.COC=O. The van der Waals surface area contributed by atoms with Crippen molar-refractivity contribution in [3.63, 3.8) is 0 Å². The van der Waals surface area contributed by atoms with E-state index in [9.17, 15) is 0 Å². The first-order valence-electron chi connectivity index (χ1n) is 3.96. The summed E-state index contributed by atoms with van der Waals surface area (Å²) >= 11 is 0. The van der Waals surface area contributed by atoms with E-state index >= 15 is 0 Å². The molecule has 66 valence electrons. The van der Waals surface area contributed by atoms with Gasteiger partial charge in [-0.2, -0.15) is 0 Å². The van der Waals surface area contributed by atoms with Gasteiger partial charge in [-0.1, -0.05) is 6.42 Å². The monoisotopic (exact) mass is 159 g/mol. The second-order valence-corrected chi connectivity index (χ2v) is 2.70. The molecule has 3 nitrogen and oxygen atoms in total. The van der Waals surface area contributed by atoms with Crippen LogP contribution in [-0.2, 0) is 9.53 Å². The van der Waals surface area contributed by atoms with Crippen LogP contribution in [0.1, 0.15) is 19.3 Å². The minimum atomic E-state index is 0.375. The van der Waals surface area contributed by atoms with Crippen molar-refractivity contribution in [2.75, 3.05) is 27.2 Å². The summed E-state index contributed by atoms with van der Waals surface area (Å²) in [6, 6.07) is 0. The number of methoxy groups -OCH3 is 1. The van der Waals surface area contributed by atoms with Gasteiger partial charge in [-0.3, -0.25) is 4.79 Å². The van der Waals surface area contributed by atoms with Gasteiger partial charge in [0.05, 0.1) is 7.11 Å². The molecule has 1 heterocycles. The van der Waals surface area contributed by atoms with E-state index in [0.717, 1.165) is 0 Å². The van der Waals surface area contributed by atoms with Gasteiger partial charge >= 0.3 is 0 Å². The molecule has 11 heavy (non-hydrogen) atoms. The molecule has 0 aromatic rings. The summed E-state index contributed by atoms with van der Waals surface area (Å²) in [7, 11) is 3.51. The van der Waals surface area contributed by atoms with Crippen molar-refractivity contribution in [2.45, 2.75) is 19.3 Å². The van der Waals surface area contributed by atoms with Crippen LogP contribution in [0.2, 0.25) is 0 Å². The number of carbonyl (C=O) groups excluding carboxylic acids is 1. The van der Waals surface area contributed by atoms with E-state index in [4.69, 9.17) is 4.79 Å². The van der Waals surface area contributed by atoms with E-state index in [0.29, 0.717) is 6.47 Å². The van der Waals surface area contributed by atoms with Crippen molar-refractivity contribution in [2.24, 2.45) is 0 Å². The number of hydrogen-bond acceptors (Lipinski definition) is 3. The summed E-state index contributed by atoms with van der Waals surface area (Å²) in [5.41, 5.74) is 0. The maximum absolute atomic E-state index is 8.95. The molecule has 1 fully saturated rings. The second-order valence-electron chi connectivity index (χ2n) is 2.70. The molecular weight excluding hydrogens is 142 g/mol. The van der Waals surface area contributed by atoms with Gasteiger partial charge in [-0.05, 0) is 33.0 Å². The number of hydrogen-bond donors (Lipinski definition) is 0. The first kappa shape index (κ1) is 10.4. The standard InChI is InChI=1S/C6H13N.C2H4O2/c1-7-5-3-2-4-6-7;1-4-2-3/h2-6H2,1H3;2H,1H3. The zero-order valence-electron chi connectivity index (χ0n) is 7.38. The molecule has 1 rings (SSSR count). The lowest BCUT2D eigenvalue weighted by atomic mass is 10.1. The van der Waals surface area contributed by atoms with Gasteiger partial charge in [-0.15, -0.1) is 0 Å². The van der Waals surface area contributed by atoms with E-state index in [1.807, 2.05) is 0 Å². The fourth-order valence-electron chi connectivity index (χ4n) is 1.05. The molecule has 1 aliphatic heterocycles. The first-order chi connectivity index (χ1) is 5.31. The molecule has 0 atom stereocenters. The van der Waals surface area contributed by atoms with Gasteiger partial charge in [0.2, 0.25) is 0 Å². The largest absolute Gasteiger partial charge is 0.471 e. The lowest BCUT2D eigenvalue weighted by molar-refractivity contribution is -0.126. The molecule has 1 saturated heterocycles. The normalized spacial score (nSPS) is 18.0. The quantitative estimate of drug-likeness (QED) is 0.532. The summed E-state index contributed by atoms with van der Waals surface area (Å²) < 4.78 is 3.86. The molecule has 0 aromatic heterocycles. The topological polar surface area (TPSA) is 29.5 Å². The van der Waals surface area contributed by atoms with Crippen molar-refractivity contribution < 1.29 is 9.53 Å². The highest BCUT2D eigenvalue weighted by Gasteiger charge is 2.02. The molecule has 0 amide bonds. The van der Waals surface area contributed by atoms with Crippen LogP contribution in [0.5, 0.6) is 0 Å². The third kappa shape index (κ3) is 7.33. The Bertz CT molecular complexity index is 90.1. The van der Waals surface area contributed by atoms with Crippen molar-refractivity contribution in [3.8, 4) is 0 Å². The van der Waals surface area contributed by atoms with Gasteiger partial charge in [-0.25, -0.2) is 0 Å². The summed E-state index contributed by atoms with van der Waals surface area (Å²) in [6.07, 6.45) is 4.28. The summed E-state index contributed by atoms with van der Waals surface area (Å²) in [5.74, 6) is 0. The second kappa shape index (κ2) is 7.54. The van der Waals surface area contributed by atoms with Crippen LogP contribution in [0, 0.1) is 0 Å². The van der Waals surface area contributed by atoms with Crippen LogP contribution < -0.4 is 0 Å². The maximum Gasteiger partial charge on any atom is 0.292 e. The fraction of sp³-hybridized carbons (Fsp3) is 0.875. The minimum Gasteiger partial charge on any atom is -0.471 e. The zero-order chi connectivity index (χ0) is 8.53. The smallest absolute Gasteiger partial charge is 0.292 e. The van der Waals surface area contributed by atoms with Gasteiger partial charge in [0.15, 0.2) is 0 Å². The first-order valence-corrected chi connectivity index (χ1v) is 3.96. The highest BCUT2D eigenvalue weighted by atomic mass is 16.5. The predicted octanol–water partition coefficient (Wildman–Crippen LogP) is 0.891. The summed E-state index contributed by atoms with van der Waals surface area (Å²) in [6.45, 7) is 3.01. The van der Waals surface area contributed by atoms with E-state index in [1.165, 1.54) is 39.5 Å². The molecule has 0 bridgehead atoms. The van der Waals surface area contributed by atoms with Crippen molar-refractivity contribution in [3.05, 3.63) is 0 Å². The third-order valence-corrected chi connectivity index (χ3v) is 1.68. The van der Waals surface area contributed by atoms with Crippen LogP contribution in [0.25, 0.3) is 0 Å². The van der Waals surface area contributed by atoms with Crippen LogP contribution in [-0.4, -0.2) is 38.6 Å². The van der Waals surface area contributed by atoms with Crippen LogP contribution in [0.4, 0.5) is 0 Å². The Labute approximate surface area is 68.3 Å². The molecule has 0 saturated carbocycles. The molecule has 0 radical (unpaired) electrons. The van der Waals surface area contributed by atoms with Crippen molar-refractivity contribution in [1.29, 1.82) is 0 Å². The van der Waals surface area contributed by atoms with E-state index in [2.05, 4.69) is 16.7 Å². The molecule has 0 spiro atoms. The summed E-state index contributed by atoms with van der Waals surface area (Å²) in [5, 5.41) is 0. The van der Waals surface area contributed by atoms with Gasteiger partial charge in [0.1, 0.15) is 0 Å². The summed E-state index contributed by atoms with van der Waals surface area (Å²) in [4.78, 5) is 11.3. The molecule has 0 aromatic carbocycles. The van der Waals surface area contributed by atoms with E-state index in [1.54, 1.807) is 0 Å². The van der Waals surface area contributed by atoms with Gasteiger partial charge in [0.25, 0.3) is 6.47 Å². The lowest BCUT2D eigenvalue weighted by Gasteiger charge is -2.20. The number of carbonyl (C=O) groups is 1. The molecule has 0 unspecified atom stereocenters. The average Bonchev–Trinajstić information content (AvgIpc) is 2.07. The molecule has 3 heteroatoms. The Morgan fingerprint density at radius 3 is 1.91 bits per heavy atom. The van der Waals surface area contributed by atoms with Crippen molar-refractivity contribution in [1.82, 2.24) is 4.90 Å². The number of rotatable bonds is 1. The molecule has 1 aliphatic rings. The van der Waals surface area contributed by atoms with Crippen LogP contribution in [0.3, 0.4) is 0 Å². The Morgan fingerprint density at radius 2 is 1.73 bits per heavy atom. The zero-order valence-corrected chi connectivity index (χ0v) is 7.38. The highest BCUT2D eigenvalue weighted by molar-refractivity contribution is 5.36. The van der Waals surface area contributed by atoms with Crippen LogP contribution >= 0.6 is 0 Å². The van der Waals surface area contributed by atoms with E-state index in [-0.39, 0.29) is 0 Å². The number of ether oxygens (including phenoxy) is 1. The van der Waals surface area contributed by atoms with Crippen LogP contribution in [0.15, 0.2) is 0 Å². The Balaban J connectivity index is 0.000000218. The Kier molecular flexibility index (Phi) is 7.15. The Morgan fingerprint density at radius 1 is 1.27 bits per heavy atom. The molecular formula is C8H17NO2. The van der Waals surface area contributed by atoms with Crippen molar-refractivity contribution >= 4 is 6.47 Å². The van der Waals surface area contributed by atoms with E-state index < -0.39 is 0 Å². The lowest BCUT2D eigenvalue weighted by Crippen LogP contribution is -2.24. The average molecular weight is 159 g/mol. The third-order valence-electron chi connectivity index (χ3n) is 1.68. The molecule has 0 aliphatic carbocycles. The fourth-order valence-corrected chi connectivity index (χ4v) is 1.05. The number of piperidine rings is 1. The Hall–Kier alpha value is -0.570.